The van der Waals surface area contributed by atoms with Gasteiger partial charge >= 0.3 is 0 Å². The van der Waals surface area contributed by atoms with Gasteiger partial charge in [0.2, 0.25) is 0 Å². The summed E-state index contributed by atoms with van der Waals surface area (Å²) in [6.45, 7) is 0. The van der Waals surface area contributed by atoms with Crippen LogP contribution in [0.4, 0.5) is 0 Å². The molecular formula is C10H11BrN2O2. The Balaban J connectivity index is 2.10. The van der Waals surface area contributed by atoms with Crippen LogP contribution in [0.25, 0.3) is 0 Å². The molecule has 5 heteroatoms. The third kappa shape index (κ3) is 2.30. The summed E-state index contributed by atoms with van der Waals surface area (Å²) in [5, 5.41) is 14.1. The van der Waals surface area contributed by atoms with Crippen molar-refractivity contribution in [3.05, 3.63) is 40.5 Å². The van der Waals surface area contributed by atoms with Crippen molar-refractivity contribution in [3.8, 4) is 0 Å². The van der Waals surface area contributed by atoms with E-state index < -0.39 is 6.10 Å². The lowest BCUT2D eigenvalue weighted by molar-refractivity contribution is 0.175. The average molecular weight is 271 g/mol. The Hall–Kier alpha value is -1.07. The van der Waals surface area contributed by atoms with Crippen molar-refractivity contribution in [2.45, 2.75) is 12.5 Å². The monoisotopic (exact) mass is 270 g/mol. The predicted octanol–water partition coefficient (Wildman–Crippen LogP) is 2.05. The van der Waals surface area contributed by atoms with Gasteiger partial charge in [0.1, 0.15) is 0 Å². The number of nitrogens with zero attached hydrogens (tertiary/aromatic N) is 2. The highest BCUT2D eigenvalue weighted by Gasteiger charge is 2.15. The molecule has 0 aliphatic rings. The van der Waals surface area contributed by atoms with E-state index in [0.29, 0.717) is 11.1 Å². The molecule has 0 spiro atoms. The smallest absolute Gasteiger partial charge is 0.174 e. The summed E-state index contributed by atoms with van der Waals surface area (Å²) in [6, 6.07) is 3.63. The van der Waals surface area contributed by atoms with E-state index in [1.807, 2.05) is 19.3 Å². The number of aliphatic hydroxyl groups excluding tert-OH is 1. The SMILES string of the molecule is Cn1ccc(CC(O)c2ccoc2Br)n1. The fourth-order valence-electron chi connectivity index (χ4n) is 1.42. The van der Waals surface area contributed by atoms with Crippen molar-refractivity contribution >= 4 is 15.9 Å². The minimum absolute atomic E-state index is 0.485. The van der Waals surface area contributed by atoms with Crippen LogP contribution in [0.5, 0.6) is 0 Å². The number of aryl methyl sites for hydroxylation is 1. The van der Waals surface area contributed by atoms with Gasteiger partial charge in [-0.1, -0.05) is 0 Å². The Bertz CT molecular complexity index is 450. The van der Waals surface area contributed by atoms with Gasteiger partial charge in [-0.25, -0.2) is 0 Å². The van der Waals surface area contributed by atoms with Crippen LogP contribution in [0.3, 0.4) is 0 Å². The van der Waals surface area contributed by atoms with Crippen LogP contribution < -0.4 is 0 Å². The van der Waals surface area contributed by atoms with Crippen molar-refractivity contribution < 1.29 is 9.52 Å². The van der Waals surface area contributed by atoms with Crippen LogP contribution in [0.15, 0.2) is 33.7 Å². The predicted molar refractivity (Wildman–Crippen MR) is 58.3 cm³/mol. The van der Waals surface area contributed by atoms with E-state index >= 15 is 0 Å². The van der Waals surface area contributed by atoms with Gasteiger partial charge in [-0.2, -0.15) is 5.10 Å². The van der Waals surface area contributed by atoms with Crippen molar-refractivity contribution in [3.63, 3.8) is 0 Å². The molecule has 0 aliphatic heterocycles. The van der Waals surface area contributed by atoms with Gasteiger partial charge in [0.05, 0.1) is 18.1 Å². The van der Waals surface area contributed by atoms with Crippen LogP contribution in [-0.2, 0) is 13.5 Å². The lowest BCUT2D eigenvalue weighted by Crippen LogP contribution is -2.02. The van der Waals surface area contributed by atoms with Crippen LogP contribution in [0, 0.1) is 0 Å². The second-order valence-corrected chi connectivity index (χ2v) is 4.07. The molecule has 0 bridgehead atoms. The Kier molecular flexibility index (Phi) is 2.93. The molecule has 2 aromatic heterocycles. The molecule has 1 unspecified atom stereocenters. The van der Waals surface area contributed by atoms with Crippen LogP contribution in [-0.4, -0.2) is 14.9 Å². The molecular weight excluding hydrogens is 260 g/mol. The second-order valence-electron chi connectivity index (χ2n) is 3.35. The third-order valence-electron chi connectivity index (χ3n) is 2.18. The Morgan fingerprint density at radius 3 is 2.93 bits per heavy atom. The fourth-order valence-corrected chi connectivity index (χ4v) is 1.93. The molecule has 0 saturated carbocycles. The van der Waals surface area contributed by atoms with E-state index in [1.165, 1.54) is 0 Å². The van der Waals surface area contributed by atoms with Crippen LogP contribution >= 0.6 is 15.9 Å². The first-order valence-electron chi connectivity index (χ1n) is 4.56. The first-order chi connectivity index (χ1) is 7.16. The van der Waals surface area contributed by atoms with E-state index in [0.717, 1.165) is 11.3 Å². The zero-order valence-corrected chi connectivity index (χ0v) is 9.81. The third-order valence-corrected chi connectivity index (χ3v) is 2.82. The van der Waals surface area contributed by atoms with Gasteiger partial charge in [-0.15, -0.1) is 0 Å². The average Bonchev–Trinajstić information content (AvgIpc) is 2.75. The number of halogens is 1. The zero-order valence-electron chi connectivity index (χ0n) is 8.22. The molecule has 0 fully saturated rings. The molecule has 0 amide bonds. The number of furan rings is 1. The van der Waals surface area contributed by atoms with Gasteiger partial charge in [0.25, 0.3) is 0 Å². The number of rotatable bonds is 3. The fraction of sp³-hybridized carbons (Fsp3) is 0.300. The summed E-state index contributed by atoms with van der Waals surface area (Å²) >= 11 is 3.23. The van der Waals surface area contributed by atoms with Gasteiger partial charge in [-0.3, -0.25) is 4.68 Å². The zero-order chi connectivity index (χ0) is 10.8. The first kappa shape index (κ1) is 10.4. The maximum absolute atomic E-state index is 9.91. The number of hydrogen-bond acceptors (Lipinski definition) is 3. The number of aromatic nitrogens is 2. The Morgan fingerprint density at radius 1 is 1.60 bits per heavy atom. The molecule has 0 radical (unpaired) electrons. The summed E-state index contributed by atoms with van der Waals surface area (Å²) in [5.41, 5.74) is 1.61. The normalized spacial score (nSPS) is 13.0. The van der Waals surface area contributed by atoms with E-state index in [-0.39, 0.29) is 0 Å². The van der Waals surface area contributed by atoms with Crippen LogP contribution in [0.2, 0.25) is 0 Å². The van der Waals surface area contributed by atoms with Gasteiger partial charge in [-0.05, 0) is 28.1 Å². The Labute approximate surface area is 95.6 Å². The molecule has 80 valence electrons. The number of hydrogen-bond donors (Lipinski definition) is 1. The number of aliphatic hydroxyl groups is 1. The lowest BCUT2D eigenvalue weighted by Gasteiger charge is -2.06. The molecule has 15 heavy (non-hydrogen) atoms. The second kappa shape index (κ2) is 4.20. The molecule has 1 atom stereocenters. The molecule has 1 N–H and O–H groups in total. The first-order valence-corrected chi connectivity index (χ1v) is 5.35. The molecule has 2 aromatic rings. The highest BCUT2D eigenvalue weighted by Crippen LogP contribution is 2.26. The van der Waals surface area contributed by atoms with Gasteiger partial charge < -0.3 is 9.52 Å². The molecule has 0 aromatic carbocycles. The van der Waals surface area contributed by atoms with Gasteiger partial charge in [0, 0.05) is 25.2 Å². The highest BCUT2D eigenvalue weighted by molar-refractivity contribution is 9.10. The topological polar surface area (TPSA) is 51.2 Å². The van der Waals surface area contributed by atoms with Crippen LogP contribution in [0.1, 0.15) is 17.4 Å². The van der Waals surface area contributed by atoms with Crippen molar-refractivity contribution in [2.75, 3.05) is 0 Å². The molecule has 0 aliphatic carbocycles. The molecule has 2 rings (SSSR count). The van der Waals surface area contributed by atoms with E-state index in [4.69, 9.17) is 4.42 Å². The molecule has 2 heterocycles. The van der Waals surface area contributed by atoms with Crippen molar-refractivity contribution in [2.24, 2.45) is 7.05 Å². The minimum Gasteiger partial charge on any atom is -0.457 e. The molecule has 4 nitrogen and oxygen atoms in total. The van der Waals surface area contributed by atoms with Gasteiger partial charge in [0.15, 0.2) is 4.67 Å². The summed E-state index contributed by atoms with van der Waals surface area (Å²) in [5.74, 6) is 0. The van der Waals surface area contributed by atoms with Crippen molar-refractivity contribution in [1.82, 2.24) is 9.78 Å². The van der Waals surface area contributed by atoms with E-state index in [9.17, 15) is 5.11 Å². The summed E-state index contributed by atoms with van der Waals surface area (Å²) in [4.78, 5) is 0. The summed E-state index contributed by atoms with van der Waals surface area (Å²) in [6.07, 6.45) is 3.29. The lowest BCUT2D eigenvalue weighted by atomic mass is 10.1. The van der Waals surface area contributed by atoms with E-state index in [1.54, 1.807) is 17.0 Å². The quantitative estimate of drug-likeness (QED) is 0.929. The maximum Gasteiger partial charge on any atom is 0.174 e. The highest BCUT2D eigenvalue weighted by atomic mass is 79.9. The standard InChI is InChI=1S/C10H11BrN2O2/c1-13-4-2-7(12-13)6-9(14)8-3-5-15-10(8)11/h2-5,9,14H,6H2,1H3. The van der Waals surface area contributed by atoms with Crippen molar-refractivity contribution in [1.29, 1.82) is 0 Å². The minimum atomic E-state index is -0.590. The maximum atomic E-state index is 9.91. The summed E-state index contributed by atoms with van der Waals surface area (Å²) < 4.78 is 7.35. The summed E-state index contributed by atoms with van der Waals surface area (Å²) in [7, 11) is 1.85. The largest absolute Gasteiger partial charge is 0.457 e. The molecule has 0 saturated heterocycles. The van der Waals surface area contributed by atoms with E-state index in [2.05, 4.69) is 21.0 Å². The Morgan fingerprint density at radius 2 is 2.40 bits per heavy atom.